The summed E-state index contributed by atoms with van der Waals surface area (Å²) >= 11 is 11.8. The van der Waals surface area contributed by atoms with E-state index in [-0.39, 0.29) is 30.8 Å². The van der Waals surface area contributed by atoms with Crippen LogP contribution < -0.4 is 5.32 Å². The number of hydrogen-bond donors (Lipinski definition) is 1. The van der Waals surface area contributed by atoms with E-state index in [0.717, 1.165) is 5.56 Å². The molecule has 0 heterocycles. The third-order valence-electron chi connectivity index (χ3n) is 2.68. The number of ether oxygens (including phenoxy) is 1. The highest BCUT2D eigenvalue weighted by atomic mass is 35.5. The molecule has 0 radical (unpaired) electrons. The fourth-order valence-electron chi connectivity index (χ4n) is 1.63. The Morgan fingerprint density at radius 3 is 2.55 bits per heavy atom. The van der Waals surface area contributed by atoms with Crippen molar-refractivity contribution in [1.29, 1.82) is 0 Å². The lowest BCUT2D eigenvalue weighted by Gasteiger charge is -2.15. The molecular weight excluding hydrogens is 301 g/mol. The van der Waals surface area contributed by atoms with E-state index in [0.29, 0.717) is 16.7 Å². The molecule has 0 aliphatic carbocycles. The van der Waals surface area contributed by atoms with E-state index in [2.05, 4.69) is 5.32 Å². The summed E-state index contributed by atoms with van der Waals surface area (Å²) in [6.45, 7) is 3.88. The van der Waals surface area contributed by atoms with Crippen LogP contribution in [0.25, 0.3) is 0 Å². The summed E-state index contributed by atoms with van der Waals surface area (Å²) in [4.78, 5) is 22.9. The van der Waals surface area contributed by atoms with Crippen molar-refractivity contribution in [2.45, 2.75) is 32.7 Å². The first-order valence-electron chi connectivity index (χ1n) is 6.34. The molecule has 0 spiro atoms. The van der Waals surface area contributed by atoms with Crippen LogP contribution in [0.2, 0.25) is 10.0 Å². The molecule has 0 aliphatic rings. The van der Waals surface area contributed by atoms with Gasteiger partial charge in [0.1, 0.15) is 0 Å². The molecule has 0 aromatic heterocycles. The molecule has 1 N–H and O–H groups in total. The van der Waals surface area contributed by atoms with Crippen LogP contribution in [0.15, 0.2) is 18.2 Å². The second-order valence-electron chi connectivity index (χ2n) is 4.27. The number of hydrogen-bond acceptors (Lipinski definition) is 3. The topological polar surface area (TPSA) is 55.4 Å². The van der Waals surface area contributed by atoms with E-state index >= 15 is 0 Å². The summed E-state index contributed by atoms with van der Waals surface area (Å²) in [5.41, 5.74) is 0.851. The zero-order valence-corrected chi connectivity index (χ0v) is 12.9. The number of nitrogens with one attached hydrogen (secondary N) is 1. The van der Waals surface area contributed by atoms with Crippen molar-refractivity contribution < 1.29 is 14.3 Å². The molecule has 4 nitrogen and oxygen atoms in total. The Morgan fingerprint density at radius 1 is 1.25 bits per heavy atom. The Bertz CT molecular complexity index is 491. The van der Waals surface area contributed by atoms with Crippen LogP contribution in [0.5, 0.6) is 0 Å². The fraction of sp³-hybridized carbons (Fsp3) is 0.429. The Labute approximate surface area is 128 Å². The number of esters is 1. The maximum absolute atomic E-state index is 11.7. The maximum atomic E-state index is 11.7. The molecule has 0 fully saturated rings. The summed E-state index contributed by atoms with van der Waals surface area (Å²) < 4.78 is 4.76. The maximum Gasteiger partial charge on any atom is 0.306 e. The van der Waals surface area contributed by atoms with E-state index in [1.54, 1.807) is 25.1 Å². The smallest absolute Gasteiger partial charge is 0.306 e. The first-order valence-corrected chi connectivity index (χ1v) is 7.09. The standard InChI is InChI=1S/C14H17Cl2NO3/c1-3-20-14(19)7-6-13(18)17-9(2)10-4-5-11(15)12(16)8-10/h4-5,8-9H,3,6-7H2,1-2H3,(H,17,18). The summed E-state index contributed by atoms with van der Waals surface area (Å²) in [7, 11) is 0. The molecule has 20 heavy (non-hydrogen) atoms. The quantitative estimate of drug-likeness (QED) is 0.817. The lowest BCUT2D eigenvalue weighted by Crippen LogP contribution is -2.27. The van der Waals surface area contributed by atoms with Crippen LogP contribution in [-0.4, -0.2) is 18.5 Å². The van der Waals surface area contributed by atoms with Crippen LogP contribution in [-0.2, 0) is 14.3 Å². The highest BCUT2D eigenvalue weighted by Crippen LogP contribution is 2.25. The first-order chi connectivity index (χ1) is 9.43. The van der Waals surface area contributed by atoms with E-state index in [4.69, 9.17) is 27.9 Å². The van der Waals surface area contributed by atoms with Gasteiger partial charge in [0.15, 0.2) is 0 Å². The minimum absolute atomic E-state index is 0.0772. The van der Waals surface area contributed by atoms with Gasteiger partial charge in [0.2, 0.25) is 5.91 Å². The van der Waals surface area contributed by atoms with E-state index in [1.807, 2.05) is 6.92 Å². The second kappa shape index (κ2) is 8.12. The van der Waals surface area contributed by atoms with Crippen molar-refractivity contribution in [3.05, 3.63) is 33.8 Å². The lowest BCUT2D eigenvalue weighted by molar-refractivity contribution is -0.144. The number of carbonyl (C=O) groups excluding carboxylic acids is 2. The first kappa shape index (κ1) is 16.8. The fourth-order valence-corrected chi connectivity index (χ4v) is 1.93. The van der Waals surface area contributed by atoms with Gasteiger partial charge in [-0.25, -0.2) is 0 Å². The zero-order chi connectivity index (χ0) is 15.1. The van der Waals surface area contributed by atoms with Gasteiger partial charge in [-0.2, -0.15) is 0 Å². The molecule has 1 aromatic rings. The van der Waals surface area contributed by atoms with Crippen molar-refractivity contribution in [2.24, 2.45) is 0 Å². The number of amides is 1. The average molecular weight is 318 g/mol. The summed E-state index contributed by atoms with van der Waals surface area (Å²) in [6.07, 6.45) is 0.179. The number of halogens is 2. The molecule has 0 bridgehead atoms. The number of benzene rings is 1. The van der Waals surface area contributed by atoms with Crippen LogP contribution in [0.1, 0.15) is 38.3 Å². The summed E-state index contributed by atoms with van der Waals surface area (Å²) in [5, 5.41) is 3.70. The van der Waals surface area contributed by atoms with Crippen LogP contribution in [0.4, 0.5) is 0 Å². The molecular formula is C14H17Cl2NO3. The van der Waals surface area contributed by atoms with Crippen molar-refractivity contribution in [3.63, 3.8) is 0 Å². The molecule has 1 amide bonds. The molecule has 0 saturated carbocycles. The van der Waals surface area contributed by atoms with Gasteiger partial charge in [0.05, 0.1) is 29.1 Å². The van der Waals surface area contributed by atoms with Crippen LogP contribution >= 0.6 is 23.2 Å². The molecule has 1 unspecified atom stereocenters. The summed E-state index contributed by atoms with van der Waals surface area (Å²) in [6, 6.07) is 4.98. The number of rotatable bonds is 6. The molecule has 0 saturated heterocycles. The zero-order valence-electron chi connectivity index (χ0n) is 11.4. The molecule has 6 heteroatoms. The van der Waals surface area contributed by atoms with E-state index in [1.165, 1.54) is 0 Å². The molecule has 1 rings (SSSR count). The minimum atomic E-state index is -0.371. The lowest BCUT2D eigenvalue weighted by atomic mass is 10.1. The second-order valence-corrected chi connectivity index (χ2v) is 5.08. The SMILES string of the molecule is CCOC(=O)CCC(=O)NC(C)c1ccc(Cl)c(Cl)c1. The predicted octanol–water partition coefficient (Wildman–Crippen LogP) is 3.51. The van der Waals surface area contributed by atoms with Crippen LogP contribution in [0.3, 0.4) is 0 Å². The number of carbonyl (C=O) groups is 2. The van der Waals surface area contributed by atoms with Gasteiger partial charge < -0.3 is 10.1 Å². The average Bonchev–Trinajstić information content (AvgIpc) is 2.40. The predicted molar refractivity (Wildman–Crippen MR) is 78.9 cm³/mol. The van der Waals surface area contributed by atoms with Gasteiger partial charge in [0.25, 0.3) is 0 Å². The van der Waals surface area contributed by atoms with Crippen molar-refractivity contribution in [1.82, 2.24) is 5.32 Å². The van der Waals surface area contributed by atoms with E-state index < -0.39 is 0 Å². The van der Waals surface area contributed by atoms with Gasteiger partial charge in [-0.05, 0) is 31.5 Å². The van der Waals surface area contributed by atoms with E-state index in [9.17, 15) is 9.59 Å². The highest BCUT2D eigenvalue weighted by Gasteiger charge is 2.12. The molecule has 0 aliphatic heterocycles. The Hall–Kier alpha value is -1.26. The minimum Gasteiger partial charge on any atom is -0.466 e. The Kier molecular flexibility index (Phi) is 6.82. The summed E-state index contributed by atoms with van der Waals surface area (Å²) in [5.74, 6) is -0.582. The Balaban J connectivity index is 2.48. The molecule has 110 valence electrons. The van der Waals surface area contributed by atoms with Crippen LogP contribution in [0, 0.1) is 0 Å². The van der Waals surface area contributed by atoms with Crippen molar-refractivity contribution >= 4 is 35.1 Å². The highest BCUT2D eigenvalue weighted by molar-refractivity contribution is 6.42. The molecule has 1 aromatic carbocycles. The van der Waals surface area contributed by atoms with Gasteiger partial charge in [-0.1, -0.05) is 29.3 Å². The van der Waals surface area contributed by atoms with Gasteiger partial charge in [0, 0.05) is 6.42 Å². The molecule has 1 atom stereocenters. The third kappa shape index (κ3) is 5.39. The normalized spacial score (nSPS) is 11.8. The van der Waals surface area contributed by atoms with Gasteiger partial charge in [-0.15, -0.1) is 0 Å². The van der Waals surface area contributed by atoms with Crippen molar-refractivity contribution in [3.8, 4) is 0 Å². The monoisotopic (exact) mass is 317 g/mol. The van der Waals surface area contributed by atoms with Crippen molar-refractivity contribution in [2.75, 3.05) is 6.61 Å². The third-order valence-corrected chi connectivity index (χ3v) is 3.42. The largest absolute Gasteiger partial charge is 0.466 e. The van der Waals surface area contributed by atoms with Gasteiger partial charge in [-0.3, -0.25) is 9.59 Å². The van der Waals surface area contributed by atoms with Gasteiger partial charge >= 0.3 is 5.97 Å². The Morgan fingerprint density at radius 2 is 1.95 bits per heavy atom.